The standard InChI is InChI=1S/C8H9NO2/c1-2-7-11-9-6-4-3-5-8(9)10/h2-6H,1,7H2. The molecule has 0 N–H and O–H groups in total. The largest absolute Gasteiger partial charge is 0.407 e. The highest BCUT2D eigenvalue weighted by molar-refractivity contribution is 4.91. The van der Waals surface area contributed by atoms with Gasteiger partial charge in [0.25, 0.3) is 5.56 Å². The van der Waals surface area contributed by atoms with Crippen LogP contribution in [0.25, 0.3) is 0 Å². The molecule has 0 bridgehead atoms. The van der Waals surface area contributed by atoms with Crippen LogP contribution in [0.3, 0.4) is 0 Å². The van der Waals surface area contributed by atoms with Crippen molar-refractivity contribution in [1.29, 1.82) is 0 Å². The zero-order valence-electron chi connectivity index (χ0n) is 6.06. The fourth-order valence-corrected chi connectivity index (χ4v) is 0.652. The lowest BCUT2D eigenvalue weighted by molar-refractivity contribution is 0.126. The summed E-state index contributed by atoms with van der Waals surface area (Å²) in [5.41, 5.74) is -0.172. The molecule has 1 heterocycles. The van der Waals surface area contributed by atoms with E-state index in [0.717, 1.165) is 0 Å². The van der Waals surface area contributed by atoms with Gasteiger partial charge in [-0.05, 0) is 6.07 Å². The second-order valence-corrected chi connectivity index (χ2v) is 1.95. The van der Waals surface area contributed by atoms with Gasteiger partial charge in [0.1, 0.15) is 6.61 Å². The van der Waals surface area contributed by atoms with Crippen molar-refractivity contribution in [1.82, 2.24) is 4.73 Å². The van der Waals surface area contributed by atoms with Gasteiger partial charge in [-0.1, -0.05) is 18.7 Å². The van der Waals surface area contributed by atoms with Crippen molar-refractivity contribution in [3.63, 3.8) is 0 Å². The second-order valence-electron chi connectivity index (χ2n) is 1.95. The van der Waals surface area contributed by atoms with Gasteiger partial charge in [0.05, 0.1) is 0 Å². The predicted octanol–water partition coefficient (Wildman–Crippen LogP) is 0.463. The molecule has 0 spiro atoms. The number of hydrogen-bond acceptors (Lipinski definition) is 2. The number of pyridine rings is 1. The average Bonchev–Trinajstić information content (AvgIpc) is 2.03. The summed E-state index contributed by atoms with van der Waals surface area (Å²) in [4.78, 5) is 15.9. The van der Waals surface area contributed by atoms with E-state index in [4.69, 9.17) is 4.84 Å². The summed E-state index contributed by atoms with van der Waals surface area (Å²) in [6, 6.07) is 4.82. The molecular formula is C8H9NO2. The Hall–Kier alpha value is -1.51. The van der Waals surface area contributed by atoms with E-state index in [9.17, 15) is 4.79 Å². The summed E-state index contributed by atoms with van der Waals surface area (Å²) in [5, 5.41) is 0. The minimum Gasteiger partial charge on any atom is -0.407 e. The normalized spacial score (nSPS) is 9.09. The van der Waals surface area contributed by atoms with Gasteiger partial charge < -0.3 is 4.84 Å². The van der Waals surface area contributed by atoms with Crippen LogP contribution in [-0.4, -0.2) is 11.3 Å². The molecule has 0 aliphatic heterocycles. The second kappa shape index (κ2) is 3.61. The van der Waals surface area contributed by atoms with E-state index < -0.39 is 0 Å². The van der Waals surface area contributed by atoms with Crippen LogP contribution in [0.2, 0.25) is 0 Å². The highest BCUT2D eigenvalue weighted by Gasteiger charge is 1.89. The number of rotatable bonds is 3. The van der Waals surface area contributed by atoms with Gasteiger partial charge >= 0.3 is 0 Å². The first kappa shape index (κ1) is 7.60. The van der Waals surface area contributed by atoms with E-state index in [1.807, 2.05) is 0 Å². The number of hydrogen-bond donors (Lipinski definition) is 0. The van der Waals surface area contributed by atoms with Crippen molar-refractivity contribution in [2.24, 2.45) is 0 Å². The zero-order chi connectivity index (χ0) is 8.10. The average molecular weight is 151 g/mol. The third kappa shape index (κ3) is 1.97. The lowest BCUT2D eigenvalue weighted by Crippen LogP contribution is -2.25. The monoisotopic (exact) mass is 151 g/mol. The van der Waals surface area contributed by atoms with Crippen LogP contribution in [-0.2, 0) is 0 Å². The highest BCUT2D eigenvalue weighted by atomic mass is 16.7. The molecule has 0 amide bonds. The molecule has 0 saturated heterocycles. The van der Waals surface area contributed by atoms with E-state index >= 15 is 0 Å². The maximum atomic E-state index is 10.9. The molecule has 1 aromatic heterocycles. The van der Waals surface area contributed by atoms with Crippen molar-refractivity contribution in [2.45, 2.75) is 0 Å². The van der Waals surface area contributed by atoms with Crippen LogP contribution < -0.4 is 10.4 Å². The van der Waals surface area contributed by atoms with Crippen LogP contribution in [0.5, 0.6) is 0 Å². The van der Waals surface area contributed by atoms with Crippen LogP contribution in [0.15, 0.2) is 41.8 Å². The predicted molar refractivity (Wildman–Crippen MR) is 42.3 cm³/mol. The van der Waals surface area contributed by atoms with Crippen LogP contribution in [0.4, 0.5) is 0 Å². The van der Waals surface area contributed by atoms with Crippen molar-refractivity contribution < 1.29 is 4.84 Å². The van der Waals surface area contributed by atoms with Gasteiger partial charge in [0.15, 0.2) is 0 Å². The minimum atomic E-state index is -0.172. The molecule has 1 rings (SSSR count). The molecule has 0 fully saturated rings. The smallest absolute Gasteiger partial charge is 0.282 e. The summed E-state index contributed by atoms with van der Waals surface area (Å²) < 4.78 is 1.17. The quantitative estimate of drug-likeness (QED) is 0.588. The molecular weight excluding hydrogens is 142 g/mol. The Kier molecular flexibility index (Phi) is 2.49. The molecule has 3 nitrogen and oxygen atoms in total. The molecule has 0 atom stereocenters. The molecule has 0 aromatic carbocycles. The summed E-state index contributed by atoms with van der Waals surface area (Å²) >= 11 is 0. The fourth-order valence-electron chi connectivity index (χ4n) is 0.652. The van der Waals surface area contributed by atoms with E-state index in [1.54, 1.807) is 24.4 Å². The van der Waals surface area contributed by atoms with Crippen molar-refractivity contribution in [3.05, 3.63) is 47.4 Å². The van der Waals surface area contributed by atoms with Crippen molar-refractivity contribution in [3.8, 4) is 0 Å². The van der Waals surface area contributed by atoms with Gasteiger partial charge in [-0.15, -0.1) is 0 Å². The van der Waals surface area contributed by atoms with Crippen LogP contribution in [0, 0.1) is 0 Å². The lowest BCUT2D eigenvalue weighted by atomic mass is 10.5. The Balaban J connectivity index is 2.78. The van der Waals surface area contributed by atoms with Gasteiger partial charge in [-0.3, -0.25) is 4.79 Å². The number of aromatic nitrogens is 1. The number of nitrogens with zero attached hydrogens (tertiary/aromatic N) is 1. The zero-order valence-corrected chi connectivity index (χ0v) is 6.06. The van der Waals surface area contributed by atoms with Crippen LogP contribution >= 0.6 is 0 Å². The summed E-state index contributed by atoms with van der Waals surface area (Å²) in [6.07, 6.45) is 3.14. The molecule has 1 aromatic rings. The summed E-state index contributed by atoms with van der Waals surface area (Å²) in [7, 11) is 0. The van der Waals surface area contributed by atoms with Crippen molar-refractivity contribution >= 4 is 0 Å². The molecule has 0 radical (unpaired) electrons. The third-order valence-electron chi connectivity index (χ3n) is 1.12. The first-order valence-electron chi connectivity index (χ1n) is 3.26. The SMILES string of the molecule is C=CCOn1ccccc1=O. The Labute approximate surface area is 64.5 Å². The Bertz CT molecular complexity index is 290. The van der Waals surface area contributed by atoms with E-state index in [-0.39, 0.29) is 5.56 Å². The Morgan fingerprint density at radius 3 is 3.09 bits per heavy atom. The van der Waals surface area contributed by atoms with Gasteiger partial charge in [-0.2, -0.15) is 4.73 Å². The molecule has 0 aliphatic carbocycles. The molecule has 3 heteroatoms. The van der Waals surface area contributed by atoms with Gasteiger partial charge in [-0.25, -0.2) is 0 Å². The third-order valence-corrected chi connectivity index (χ3v) is 1.12. The van der Waals surface area contributed by atoms with E-state index in [1.165, 1.54) is 10.8 Å². The Morgan fingerprint density at radius 1 is 1.64 bits per heavy atom. The van der Waals surface area contributed by atoms with E-state index in [0.29, 0.717) is 6.61 Å². The summed E-state index contributed by atoms with van der Waals surface area (Å²) in [5.74, 6) is 0. The topological polar surface area (TPSA) is 31.2 Å². The first-order chi connectivity index (χ1) is 5.34. The molecule has 0 unspecified atom stereocenters. The first-order valence-corrected chi connectivity index (χ1v) is 3.26. The molecule has 0 saturated carbocycles. The minimum absolute atomic E-state index is 0.172. The lowest BCUT2D eigenvalue weighted by Gasteiger charge is -2.03. The fraction of sp³-hybridized carbons (Fsp3) is 0.125. The van der Waals surface area contributed by atoms with Crippen LogP contribution in [0.1, 0.15) is 0 Å². The maximum absolute atomic E-state index is 10.9. The maximum Gasteiger partial charge on any atom is 0.282 e. The molecule has 58 valence electrons. The Morgan fingerprint density at radius 2 is 2.45 bits per heavy atom. The van der Waals surface area contributed by atoms with Crippen molar-refractivity contribution in [2.75, 3.05) is 6.61 Å². The summed E-state index contributed by atoms with van der Waals surface area (Å²) in [6.45, 7) is 3.80. The highest BCUT2D eigenvalue weighted by Crippen LogP contribution is 1.77. The molecule has 0 aliphatic rings. The van der Waals surface area contributed by atoms with Gasteiger partial charge in [0.2, 0.25) is 0 Å². The molecule has 11 heavy (non-hydrogen) atoms. The van der Waals surface area contributed by atoms with E-state index in [2.05, 4.69) is 6.58 Å². The van der Waals surface area contributed by atoms with Gasteiger partial charge in [0, 0.05) is 12.3 Å².